The number of rotatable bonds is 1. The molecular formula is C7H6N2OS. The van der Waals surface area contributed by atoms with E-state index in [0.717, 1.165) is 17.0 Å². The van der Waals surface area contributed by atoms with Gasteiger partial charge in [-0.05, 0) is 6.08 Å². The number of aromatic nitrogens is 1. The minimum atomic E-state index is -0.433. The number of nitrogens with two attached hydrogens (primary N) is 1. The van der Waals surface area contributed by atoms with Crippen LogP contribution < -0.4 is 5.73 Å². The molecule has 0 radical (unpaired) electrons. The van der Waals surface area contributed by atoms with E-state index in [0.29, 0.717) is 5.01 Å². The van der Waals surface area contributed by atoms with Crippen LogP contribution in [0.4, 0.5) is 0 Å². The summed E-state index contributed by atoms with van der Waals surface area (Å²) in [5.74, 6) is -0.433. The molecule has 1 aromatic heterocycles. The predicted molar refractivity (Wildman–Crippen MR) is 43.4 cm³/mol. The lowest BCUT2D eigenvalue weighted by molar-refractivity contribution is 0.1000. The minimum absolute atomic E-state index is 0.416. The molecular weight excluding hydrogens is 160 g/mol. The fourth-order valence-electron chi connectivity index (χ4n) is 1.02. The van der Waals surface area contributed by atoms with E-state index in [9.17, 15) is 4.79 Å². The van der Waals surface area contributed by atoms with Gasteiger partial charge in [0.25, 0.3) is 5.91 Å². The lowest BCUT2D eigenvalue weighted by Gasteiger charge is -1.83. The number of nitrogens with zero attached hydrogens (tertiary/aromatic N) is 1. The van der Waals surface area contributed by atoms with Crippen LogP contribution in [0.5, 0.6) is 0 Å². The molecule has 3 nitrogen and oxygen atoms in total. The van der Waals surface area contributed by atoms with Gasteiger partial charge in [0.1, 0.15) is 0 Å². The molecule has 0 saturated heterocycles. The highest BCUT2D eigenvalue weighted by atomic mass is 32.1. The van der Waals surface area contributed by atoms with Gasteiger partial charge in [-0.2, -0.15) is 0 Å². The molecule has 0 atom stereocenters. The Kier molecular flexibility index (Phi) is 1.29. The van der Waals surface area contributed by atoms with Gasteiger partial charge in [0.05, 0.1) is 10.6 Å². The van der Waals surface area contributed by atoms with Gasteiger partial charge in [-0.3, -0.25) is 4.79 Å². The third-order valence-electron chi connectivity index (χ3n) is 1.52. The highest BCUT2D eigenvalue weighted by Crippen LogP contribution is 2.25. The smallest absolute Gasteiger partial charge is 0.277 e. The topological polar surface area (TPSA) is 56.0 Å². The van der Waals surface area contributed by atoms with Gasteiger partial charge in [-0.15, -0.1) is 11.3 Å². The van der Waals surface area contributed by atoms with Crippen LogP contribution in [0.3, 0.4) is 0 Å². The maximum atomic E-state index is 10.7. The van der Waals surface area contributed by atoms with Crippen molar-refractivity contribution in [3.63, 3.8) is 0 Å². The predicted octanol–water partition coefficient (Wildman–Crippen LogP) is 0.811. The van der Waals surface area contributed by atoms with Gasteiger partial charge < -0.3 is 5.73 Å². The fourth-order valence-corrected chi connectivity index (χ4v) is 1.90. The first kappa shape index (κ1) is 6.54. The van der Waals surface area contributed by atoms with E-state index in [-0.39, 0.29) is 0 Å². The maximum absolute atomic E-state index is 10.7. The van der Waals surface area contributed by atoms with E-state index in [1.54, 1.807) is 0 Å². The molecule has 1 aliphatic rings. The number of fused-ring (bicyclic) bond motifs is 1. The van der Waals surface area contributed by atoms with Crippen molar-refractivity contribution in [3.8, 4) is 0 Å². The maximum Gasteiger partial charge on any atom is 0.277 e. The molecule has 0 aliphatic heterocycles. The number of carbonyl (C=O) groups excluding carboxylic acids is 1. The number of amides is 1. The van der Waals surface area contributed by atoms with E-state index < -0.39 is 5.91 Å². The summed E-state index contributed by atoms with van der Waals surface area (Å²) in [6.45, 7) is 0. The highest BCUT2D eigenvalue weighted by Gasteiger charge is 2.14. The van der Waals surface area contributed by atoms with Crippen LogP contribution >= 0.6 is 11.3 Å². The van der Waals surface area contributed by atoms with Crippen molar-refractivity contribution in [1.82, 2.24) is 4.98 Å². The SMILES string of the molecule is NC(=O)c1nc2c(s1)C=CC2. The van der Waals surface area contributed by atoms with E-state index in [1.807, 2.05) is 12.2 Å². The summed E-state index contributed by atoms with van der Waals surface area (Å²) in [4.78, 5) is 15.8. The van der Waals surface area contributed by atoms with Crippen molar-refractivity contribution in [1.29, 1.82) is 0 Å². The van der Waals surface area contributed by atoms with Crippen molar-refractivity contribution in [2.75, 3.05) is 0 Å². The normalized spacial score (nSPS) is 13.5. The molecule has 1 aliphatic carbocycles. The van der Waals surface area contributed by atoms with Crippen LogP contribution in [0.15, 0.2) is 6.08 Å². The molecule has 1 heterocycles. The Hall–Kier alpha value is -1.16. The first-order valence-corrected chi connectivity index (χ1v) is 4.05. The van der Waals surface area contributed by atoms with Crippen LogP contribution in [0.2, 0.25) is 0 Å². The van der Waals surface area contributed by atoms with Gasteiger partial charge in [0, 0.05) is 6.42 Å². The second-order valence-corrected chi connectivity index (χ2v) is 3.33. The molecule has 0 saturated carbocycles. The first-order valence-electron chi connectivity index (χ1n) is 3.23. The molecule has 2 N–H and O–H groups in total. The third-order valence-corrected chi connectivity index (χ3v) is 2.60. The number of primary amides is 1. The Morgan fingerprint density at radius 1 is 1.73 bits per heavy atom. The fraction of sp³-hybridized carbons (Fsp3) is 0.143. The zero-order chi connectivity index (χ0) is 7.84. The molecule has 0 fully saturated rings. The zero-order valence-corrected chi connectivity index (χ0v) is 6.52. The third kappa shape index (κ3) is 0.952. The Morgan fingerprint density at radius 3 is 3.18 bits per heavy atom. The second kappa shape index (κ2) is 2.17. The van der Waals surface area contributed by atoms with E-state index in [1.165, 1.54) is 11.3 Å². The summed E-state index contributed by atoms with van der Waals surface area (Å²) >= 11 is 1.36. The Bertz CT molecular complexity index is 340. The Labute approximate surface area is 67.6 Å². The van der Waals surface area contributed by atoms with E-state index in [2.05, 4.69) is 4.98 Å². The molecule has 2 rings (SSSR count). The number of thiazole rings is 1. The van der Waals surface area contributed by atoms with E-state index >= 15 is 0 Å². The highest BCUT2D eigenvalue weighted by molar-refractivity contribution is 7.14. The number of carbonyl (C=O) groups is 1. The average Bonchev–Trinajstić information content (AvgIpc) is 2.40. The summed E-state index contributed by atoms with van der Waals surface area (Å²) in [7, 11) is 0. The van der Waals surface area contributed by atoms with Crippen molar-refractivity contribution in [3.05, 3.63) is 21.7 Å². The number of hydrogen-bond acceptors (Lipinski definition) is 3. The molecule has 4 heteroatoms. The standard InChI is InChI=1S/C7H6N2OS/c8-6(10)7-9-4-2-1-3-5(4)11-7/h1,3H,2H2,(H2,8,10). The molecule has 1 aromatic rings. The first-order chi connectivity index (χ1) is 5.27. The second-order valence-electron chi connectivity index (χ2n) is 2.30. The molecule has 0 bridgehead atoms. The molecule has 0 aromatic carbocycles. The number of allylic oxidation sites excluding steroid dienone is 1. The molecule has 1 amide bonds. The minimum Gasteiger partial charge on any atom is -0.364 e. The van der Waals surface area contributed by atoms with Crippen molar-refractivity contribution >= 4 is 23.3 Å². The van der Waals surface area contributed by atoms with Crippen molar-refractivity contribution in [2.45, 2.75) is 6.42 Å². The lowest BCUT2D eigenvalue weighted by atomic mass is 10.4. The molecule has 11 heavy (non-hydrogen) atoms. The van der Waals surface area contributed by atoms with Gasteiger partial charge in [0.2, 0.25) is 0 Å². The van der Waals surface area contributed by atoms with Crippen LogP contribution in [0, 0.1) is 0 Å². The van der Waals surface area contributed by atoms with Gasteiger partial charge >= 0.3 is 0 Å². The van der Waals surface area contributed by atoms with Crippen LogP contribution in [-0.4, -0.2) is 10.9 Å². The summed E-state index contributed by atoms with van der Waals surface area (Å²) in [6.07, 6.45) is 4.83. The quantitative estimate of drug-likeness (QED) is 0.671. The largest absolute Gasteiger partial charge is 0.364 e. The Morgan fingerprint density at radius 2 is 2.55 bits per heavy atom. The van der Waals surface area contributed by atoms with Gasteiger partial charge in [-0.25, -0.2) is 4.98 Å². The number of hydrogen-bond donors (Lipinski definition) is 1. The van der Waals surface area contributed by atoms with Gasteiger partial charge in [-0.1, -0.05) is 6.08 Å². The molecule has 0 unspecified atom stereocenters. The molecule has 56 valence electrons. The lowest BCUT2D eigenvalue weighted by Crippen LogP contribution is -2.10. The zero-order valence-electron chi connectivity index (χ0n) is 5.70. The van der Waals surface area contributed by atoms with Crippen molar-refractivity contribution < 1.29 is 4.79 Å². The van der Waals surface area contributed by atoms with E-state index in [4.69, 9.17) is 5.73 Å². The summed E-state index contributed by atoms with van der Waals surface area (Å²) < 4.78 is 0. The van der Waals surface area contributed by atoms with Crippen LogP contribution in [0.1, 0.15) is 20.4 Å². The van der Waals surface area contributed by atoms with Gasteiger partial charge in [0.15, 0.2) is 5.01 Å². The molecule has 0 spiro atoms. The summed E-state index contributed by atoms with van der Waals surface area (Å²) in [5, 5.41) is 0.416. The summed E-state index contributed by atoms with van der Waals surface area (Å²) in [5.41, 5.74) is 6.04. The Balaban J connectivity index is 2.49. The van der Waals surface area contributed by atoms with Crippen molar-refractivity contribution in [2.24, 2.45) is 5.73 Å². The summed E-state index contributed by atoms with van der Waals surface area (Å²) in [6, 6.07) is 0. The average molecular weight is 166 g/mol. The van der Waals surface area contributed by atoms with Crippen LogP contribution in [0.25, 0.3) is 6.08 Å². The monoisotopic (exact) mass is 166 g/mol. The van der Waals surface area contributed by atoms with Crippen LogP contribution in [-0.2, 0) is 6.42 Å².